The van der Waals surface area contributed by atoms with Crippen molar-refractivity contribution >= 4 is 34.4 Å². The van der Waals surface area contributed by atoms with Gasteiger partial charge < -0.3 is 20.1 Å². The van der Waals surface area contributed by atoms with Gasteiger partial charge in [0, 0.05) is 24.4 Å². The maximum Gasteiger partial charge on any atom is 0.229 e. The SMILES string of the molecule is COc1ccc(Nc2ncc3nc(Nc4c(F)cc(F)cc4F)n([C@H]4CCOC4)c3n2)cc1. The molecular weight excluding hydrogens is 437 g/mol. The van der Waals surface area contributed by atoms with Crippen LogP contribution in [0, 0.1) is 17.5 Å². The number of hydrogen-bond donors (Lipinski definition) is 2. The Bertz CT molecular complexity index is 1280. The Morgan fingerprint density at radius 3 is 2.48 bits per heavy atom. The molecule has 4 aromatic rings. The molecule has 1 aliphatic heterocycles. The van der Waals surface area contributed by atoms with Crippen LogP contribution in [0.25, 0.3) is 11.2 Å². The van der Waals surface area contributed by atoms with Gasteiger partial charge in [-0.1, -0.05) is 0 Å². The van der Waals surface area contributed by atoms with E-state index in [1.165, 1.54) is 6.20 Å². The zero-order chi connectivity index (χ0) is 22.9. The van der Waals surface area contributed by atoms with Crippen molar-refractivity contribution in [2.45, 2.75) is 12.5 Å². The summed E-state index contributed by atoms with van der Waals surface area (Å²) < 4.78 is 54.3. The second kappa shape index (κ2) is 8.58. The molecule has 0 bridgehead atoms. The lowest BCUT2D eigenvalue weighted by Crippen LogP contribution is -2.13. The maximum absolute atomic E-state index is 14.3. The Hall–Kier alpha value is -3.86. The second-order valence-corrected chi connectivity index (χ2v) is 7.45. The summed E-state index contributed by atoms with van der Waals surface area (Å²) >= 11 is 0. The van der Waals surface area contributed by atoms with Crippen molar-refractivity contribution in [1.82, 2.24) is 19.5 Å². The van der Waals surface area contributed by atoms with Gasteiger partial charge in [-0.05, 0) is 30.7 Å². The smallest absolute Gasteiger partial charge is 0.229 e. The number of ether oxygens (including phenoxy) is 2. The highest BCUT2D eigenvalue weighted by Crippen LogP contribution is 2.32. The van der Waals surface area contributed by atoms with Crippen LogP contribution in [0.4, 0.5) is 36.4 Å². The lowest BCUT2D eigenvalue weighted by Gasteiger charge is -2.16. The van der Waals surface area contributed by atoms with Gasteiger partial charge in [-0.2, -0.15) is 4.98 Å². The van der Waals surface area contributed by atoms with Crippen molar-refractivity contribution in [2.75, 3.05) is 31.0 Å². The largest absolute Gasteiger partial charge is 0.497 e. The van der Waals surface area contributed by atoms with E-state index in [0.29, 0.717) is 54.6 Å². The van der Waals surface area contributed by atoms with E-state index in [1.807, 2.05) is 12.1 Å². The highest BCUT2D eigenvalue weighted by Gasteiger charge is 2.26. The average molecular weight is 456 g/mol. The van der Waals surface area contributed by atoms with Gasteiger partial charge in [0.1, 0.15) is 22.8 Å². The molecule has 0 unspecified atom stereocenters. The predicted octanol–water partition coefficient (Wildman–Crippen LogP) is 4.70. The maximum atomic E-state index is 14.3. The second-order valence-electron chi connectivity index (χ2n) is 7.45. The average Bonchev–Trinajstić information content (AvgIpc) is 3.44. The molecule has 0 saturated carbocycles. The number of nitrogens with one attached hydrogen (secondary N) is 2. The Balaban J connectivity index is 1.54. The van der Waals surface area contributed by atoms with Gasteiger partial charge >= 0.3 is 0 Å². The van der Waals surface area contributed by atoms with Crippen LogP contribution in [-0.2, 0) is 4.74 Å². The number of rotatable bonds is 6. The molecule has 0 radical (unpaired) electrons. The van der Waals surface area contributed by atoms with Gasteiger partial charge in [-0.15, -0.1) is 0 Å². The summed E-state index contributed by atoms with van der Waals surface area (Å²) in [5.41, 5.74) is 1.13. The van der Waals surface area contributed by atoms with Crippen LogP contribution >= 0.6 is 0 Å². The topological polar surface area (TPSA) is 86.1 Å². The molecule has 2 N–H and O–H groups in total. The molecule has 11 heteroatoms. The van der Waals surface area contributed by atoms with Gasteiger partial charge in [0.15, 0.2) is 17.3 Å². The normalized spacial score (nSPS) is 15.7. The molecule has 0 amide bonds. The van der Waals surface area contributed by atoms with E-state index in [2.05, 4.69) is 25.6 Å². The fourth-order valence-corrected chi connectivity index (χ4v) is 3.69. The number of benzene rings is 2. The summed E-state index contributed by atoms with van der Waals surface area (Å²) in [6.07, 6.45) is 2.18. The Morgan fingerprint density at radius 2 is 1.82 bits per heavy atom. The van der Waals surface area contributed by atoms with E-state index < -0.39 is 23.1 Å². The van der Waals surface area contributed by atoms with Gasteiger partial charge in [-0.3, -0.25) is 4.57 Å². The molecule has 2 aromatic heterocycles. The number of fused-ring (bicyclic) bond motifs is 1. The molecule has 1 atom stereocenters. The number of imidazole rings is 1. The van der Waals surface area contributed by atoms with Gasteiger partial charge in [-0.25, -0.2) is 23.1 Å². The van der Waals surface area contributed by atoms with E-state index in [4.69, 9.17) is 9.47 Å². The van der Waals surface area contributed by atoms with E-state index in [0.717, 1.165) is 5.69 Å². The summed E-state index contributed by atoms with van der Waals surface area (Å²) in [4.78, 5) is 13.3. The molecule has 2 aromatic carbocycles. The Labute approximate surface area is 186 Å². The third kappa shape index (κ3) is 4.14. The van der Waals surface area contributed by atoms with E-state index in [1.54, 1.807) is 23.8 Å². The highest BCUT2D eigenvalue weighted by molar-refractivity contribution is 5.77. The van der Waals surface area contributed by atoms with Crippen molar-refractivity contribution < 1.29 is 22.6 Å². The summed E-state index contributed by atoms with van der Waals surface area (Å²) in [5, 5.41) is 5.78. The summed E-state index contributed by atoms with van der Waals surface area (Å²) in [7, 11) is 1.59. The van der Waals surface area contributed by atoms with Crippen molar-refractivity contribution in [3.8, 4) is 5.75 Å². The van der Waals surface area contributed by atoms with Crippen LogP contribution in [0.1, 0.15) is 12.5 Å². The molecule has 170 valence electrons. The minimum Gasteiger partial charge on any atom is -0.497 e. The molecule has 33 heavy (non-hydrogen) atoms. The first-order valence-electron chi connectivity index (χ1n) is 10.2. The van der Waals surface area contributed by atoms with Gasteiger partial charge in [0.2, 0.25) is 11.9 Å². The molecule has 3 heterocycles. The summed E-state index contributed by atoms with van der Waals surface area (Å²) in [6.45, 7) is 0.921. The predicted molar refractivity (Wildman–Crippen MR) is 116 cm³/mol. The number of anilines is 4. The number of aromatic nitrogens is 4. The highest BCUT2D eigenvalue weighted by atomic mass is 19.1. The number of nitrogens with zero attached hydrogens (tertiary/aromatic N) is 4. The molecule has 1 fully saturated rings. The third-order valence-corrected chi connectivity index (χ3v) is 5.29. The van der Waals surface area contributed by atoms with Crippen molar-refractivity contribution in [1.29, 1.82) is 0 Å². The first kappa shape index (κ1) is 21.0. The summed E-state index contributed by atoms with van der Waals surface area (Å²) in [5.74, 6) is -1.96. The van der Waals surface area contributed by atoms with E-state index >= 15 is 0 Å². The molecule has 1 aliphatic rings. The Kier molecular flexibility index (Phi) is 5.47. The van der Waals surface area contributed by atoms with Crippen LogP contribution in [-0.4, -0.2) is 39.8 Å². The molecule has 5 rings (SSSR count). The molecule has 1 saturated heterocycles. The van der Waals surface area contributed by atoms with Crippen LogP contribution < -0.4 is 15.4 Å². The fraction of sp³-hybridized carbons (Fsp3) is 0.227. The van der Waals surface area contributed by atoms with Crippen molar-refractivity contribution in [2.24, 2.45) is 0 Å². The van der Waals surface area contributed by atoms with Crippen molar-refractivity contribution in [3.05, 3.63) is 60.0 Å². The standard InChI is InChI=1S/C22H19F3N6O2/c1-32-15-4-2-13(3-5-15)27-21-26-10-18-20(30-21)31(14-6-7-33-11-14)22(28-18)29-19-16(24)8-12(23)9-17(19)25/h2-5,8-10,14H,6-7,11H2,1H3,(H,28,29)(H,26,27,30)/t14-/m0/s1. The lowest BCUT2D eigenvalue weighted by molar-refractivity contribution is 0.187. The minimum atomic E-state index is -1.07. The minimum absolute atomic E-state index is 0.154. The Morgan fingerprint density at radius 1 is 1.06 bits per heavy atom. The number of hydrogen-bond acceptors (Lipinski definition) is 7. The zero-order valence-corrected chi connectivity index (χ0v) is 17.5. The van der Waals surface area contributed by atoms with Crippen LogP contribution in [0.15, 0.2) is 42.6 Å². The van der Waals surface area contributed by atoms with Gasteiger partial charge in [0.05, 0.1) is 26.0 Å². The number of halogens is 3. The molecular formula is C22H19F3N6O2. The van der Waals surface area contributed by atoms with Crippen LogP contribution in [0.3, 0.4) is 0 Å². The first-order valence-corrected chi connectivity index (χ1v) is 10.2. The monoisotopic (exact) mass is 456 g/mol. The van der Waals surface area contributed by atoms with Crippen molar-refractivity contribution in [3.63, 3.8) is 0 Å². The number of methoxy groups -OCH3 is 1. The zero-order valence-electron chi connectivity index (χ0n) is 17.5. The van der Waals surface area contributed by atoms with Gasteiger partial charge in [0.25, 0.3) is 0 Å². The summed E-state index contributed by atoms with van der Waals surface area (Å²) in [6, 6.07) is 8.29. The van der Waals surface area contributed by atoms with Crippen LogP contribution in [0.2, 0.25) is 0 Å². The first-order chi connectivity index (χ1) is 16.0. The van der Waals surface area contributed by atoms with E-state index in [-0.39, 0.29) is 12.0 Å². The third-order valence-electron chi connectivity index (χ3n) is 5.29. The lowest BCUT2D eigenvalue weighted by atomic mass is 10.2. The fourth-order valence-electron chi connectivity index (χ4n) is 3.69. The molecule has 0 spiro atoms. The van der Waals surface area contributed by atoms with Crippen LogP contribution in [0.5, 0.6) is 5.75 Å². The quantitative estimate of drug-likeness (QED) is 0.435. The van der Waals surface area contributed by atoms with E-state index in [9.17, 15) is 13.2 Å². The molecule has 0 aliphatic carbocycles. The molecule has 8 nitrogen and oxygen atoms in total.